The molecule has 21 heavy (non-hydrogen) atoms. The first-order valence-corrected chi connectivity index (χ1v) is 7.68. The smallest absolute Gasteiger partial charge is 0.408 e. The highest BCUT2D eigenvalue weighted by atomic mass is 16.6. The Kier molecular flexibility index (Phi) is 4.13. The lowest BCUT2D eigenvalue weighted by Gasteiger charge is -2.23. The molecule has 0 radical (unpaired) electrons. The molecule has 0 saturated heterocycles. The average Bonchev–Trinajstić information content (AvgIpc) is 2.92. The SMILES string of the molecule is C[C@@H](OC(=O)NC1CCCCC1)c1cc2ccccc2o1. The summed E-state index contributed by atoms with van der Waals surface area (Å²) in [6, 6.07) is 9.97. The van der Waals surface area contributed by atoms with Crippen LogP contribution in [0.4, 0.5) is 4.79 Å². The van der Waals surface area contributed by atoms with Gasteiger partial charge in [-0.05, 0) is 31.9 Å². The van der Waals surface area contributed by atoms with Crippen molar-refractivity contribution in [2.75, 3.05) is 0 Å². The summed E-state index contributed by atoms with van der Waals surface area (Å²) in [6.07, 6.45) is 5.00. The molecule has 1 saturated carbocycles. The molecule has 112 valence electrons. The molecular formula is C17H21NO3. The molecule has 1 aromatic heterocycles. The molecule has 4 nitrogen and oxygen atoms in total. The largest absolute Gasteiger partial charge is 0.457 e. The standard InChI is InChI=1S/C17H21NO3/c1-12(16-11-13-7-5-6-10-15(13)21-16)20-17(19)18-14-8-3-2-4-9-14/h5-7,10-12,14H,2-4,8-9H2,1H3,(H,18,19)/t12-/m1/s1. The Morgan fingerprint density at radius 3 is 2.81 bits per heavy atom. The Hall–Kier alpha value is -1.97. The van der Waals surface area contributed by atoms with Gasteiger partial charge in [0.25, 0.3) is 0 Å². The third-order valence-electron chi connectivity index (χ3n) is 4.06. The fourth-order valence-electron chi connectivity index (χ4n) is 2.87. The molecule has 1 amide bonds. The Morgan fingerprint density at radius 1 is 1.29 bits per heavy atom. The first-order chi connectivity index (χ1) is 10.2. The van der Waals surface area contributed by atoms with Crippen LogP contribution in [-0.4, -0.2) is 12.1 Å². The first-order valence-electron chi connectivity index (χ1n) is 7.68. The summed E-state index contributed by atoms with van der Waals surface area (Å²) in [7, 11) is 0. The maximum Gasteiger partial charge on any atom is 0.408 e. The van der Waals surface area contributed by atoms with Gasteiger partial charge in [-0.15, -0.1) is 0 Å². The number of carbonyl (C=O) groups excluding carboxylic acids is 1. The summed E-state index contributed by atoms with van der Waals surface area (Å²) in [5.41, 5.74) is 0.815. The number of benzene rings is 1. The number of hydrogen-bond acceptors (Lipinski definition) is 3. The zero-order chi connectivity index (χ0) is 14.7. The van der Waals surface area contributed by atoms with Crippen LogP contribution < -0.4 is 5.32 Å². The molecule has 0 aliphatic heterocycles. The van der Waals surface area contributed by atoms with E-state index < -0.39 is 0 Å². The average molecular weight is 287 g/mol. The summed E-state index contributed by atoms with van der Waals surface area (Å²) in [5, 5.41) is 3.97. The minimum atomic E-state index is -0.388. The number of alkyl carbamates (subject to hydrolysis) is 1. The summed E-state index contributed by atoms with van der Waals surface area (Å²) in [4.78, 5) is 11.9. The molecule has 2 aromatic rings. The molecule has 0 spiro atoms. The van der Waals surface area contributed by atoms with Gasteiger partial charge in [-0.2, -0.15) is 0 Å². The lowest BCUT2D eigenvalue weighted by molar-refractivity contribution is 0.0912. The number of nitrogens with one attached hydrogen (secondary N) is 1. The van der Waals surface area contributed by atoms with E-state index in [4.69, 9.17) is 9.15 Å². The van der Waals surface area contributed by atoms with Crippen molar-refractivity contribution in [3.8, 4) is 0 Å². The van der Waals surface area contributed by atoms with Gasteiger partial charge in [0.05, 0.1) is 0 Å². The van der Waals surface area contributed by atoms with Gasteiger partial charge in [0.1, 0.15) is 11.3 Å². The van der Waals surface area contributed by atoms with Crippen LogP contribution >= 0.6 is 0 Å². The lowest BCUT2D eigenvalue weighted by Crippen LogP contribution is -2.36. The fourth-order valence-corrected chi connectivity index (χ4v) is 2.87. The lowest BCUT2D eigenvalue weighted by atomic mass is 9.96. The number of furan rings is 1. The Balaban J connectivity index is 1.59. The highest BCUT2D eigenvalue weighted by molar-refractivity contribution is 5.78. The van der Waals surface area contributed by atoms with Gasteiger partial charge in [0.15, 0.2) is 6.10 Å². The van der Waals surface area contributed by atoms with Crippen LogP contribution in [0.25, 0.3) is 11.0 Å². The Morgan fingerprint density at radius 2 is 2.05 bits per heavy atom. The van der Waals surface area contributed by atoms with Crippen molar-refractivity contribution in [1.29, 1.82) is 0 Å². The second-order valence-electron chi connectivity index (χ2n) is 5.71. The van der Waals surface area contributed by atoms with Gasteiger partial charge in [-0.1, -0.05) is 37.5 Å². The van der Waals surface area contributed by atoms with Gasteiger partial charge in [-0.25, -0.2) is 4.79 Å². The molecule has 1 heterocycles. The predicted octanol–water partition coefficient (Wildman–Crippen LogP) is 4.55. The second-order valence-corrected chi connectivity index (χ2v) is 5.71. The molecule has 4 heteroatoms. The van der Waals surface area contributed by atoms with Crippen LogP contribution in [0.15, 0.2) is 34.7 Å². The van der Waals surface area contributed by atoms with Crippen LogP contribution in [0.2, 0.25) is 0 Å². The maximum absolute atomic E-state index is 11.9. The van der Waals surface area contributed by atoms with E-state index in [0.717, 1.165) is 23.8 Å². The zero-order valence-electron chi connectivity index (χ0n) is 12.3. The summed E-state index contributed by atoms with van der Waals surface area (Å²) >= 11 is 0. The number of fused-ring (bicyclic) bond motifs is 1. The Bertz CT molecular complexity index is 580. The van der Waals surface area contributed by atoms with E-state index in [1.54, 1.807) is 0 Å². The third-order valence-corrected chi connectivity index (χ3v) is 4.06. The molecule has 1 fully saturated rings. The van der Waals surface area contributed by atoms with Crippen molar-refractivity contribution in [3.63, 3.8) is 0 Å². The van der Waals surface area contributed by atoms with Crippen molar-refractivity contribution in [1.82, 2.24) is 5.32 Å². The number of para-hydroxylation sites is 1. The van der Waals surface area contributed by atoms with Gasteiger partial charge in [-0.3, -0.25) is 0 Å². The van der Waals surface area contributed by atoms with Gasteiger partial charge >= 0.3 is 6.09 Å². The van der Waals surface area contributed by atoms with Gasteiger partial charge in [0, 0.05) is 11.4 Å². The number of carbonyl (C=O) groups is 1. The van der Waals surface area contributed by atoms with E-state index in [-0.39, 0.29) is 18.2 Å². The second kappa shape index (κ2) is 6.20. The molecule has 1 N–H and O–H groups in total. The van der Waals surface area contributed by atoms with Crippen molar-refractivity contribution in [2.45, 2.75) is 51.2 Å². The molecule has 0 unspecified atom stereocenters. The normalized spacial score (nSPS) is 17.6. The molecule has 0 bridgehead atoms. The summed E-state index contributed by atoms with van der Waals surface area (Å²) < 4.78 is 11.1. The van der Waals surface area contributed by atoms with E-state index in [2.05, 4.69) is 5.32 Å². The molecule has 1 aromatic carbocycles. The minimum absolute atomic E-state index is 0.258. The minimum Gasteiger partial charge on any atom is -0.457 e. The van der Waals surface area contributed by atoms with Crippen LogP contribution in [0.3, 0.4) is 0 Å². The van der Waals surface area contributed by atoms with Crippen molar-refractivity contribution < 1.29 is 13.9 Å². The zero-order valence-corrected chi connectivity index (χ0v) is 12.3. The Labute approximate surface area is 124 Å². The maximum atomic E-state index is 11.9. The van der Waals surface area contributed by atoms with E-state index in [1.165, 1.54) is 19.3 Å². The van der Waals surface area contributed by atoms with Crippen LogP contribution in [0, 0.1) is 0 Å². The monoisotopic (exact) mass is 287 g/mol. The molecule has 1 atom stereocenters. The molecule has 1 aliphatic carbocycles. The van der Waals surface area contributed by atoms with E-state index in [0.29, 0.717) is 5.76 Å². The predicted molar refractivity (Wildman–Crippen MR) is 81.1 cm³/mol. The quantitative estimate of drug-likeness (QED) is 0.900. The number of hydrogen-bond donors (Lipinski definition) is 1. The summed E-state index contributed by atoms with van der Waals surface area (Å²) in [6.45, 7) is 1.83. The van der Waals surface area contributed by atoms with Crippen LogP contribution in [0.5, 0.6) is 0 Å². The van der Waals surface area contributed by atoms with E-state index in [1.807, 2.05) is 37.3 Å². The molecule has 1 aliphatic rings. The van der Waals surface area contributed by atoms with Crippen LogP contribution in [0.1, 0.15) is 50.9 Å². The van der Waals surface area contributed by atoms with Gasteiger partial charge in [0.2, 0.25) is 0 Å². The van der Waals surface area contributed by atoms with E-state index in [9.17, 15) is 4.79 Å². The van der Waals surface area contributed by atoms with Crippen molar-refractivity contribution in [3.05, 3.63) is 36.1 Å². The van der Waals surface area contributed by atoms with Gasteiger partial charge < -0.3 is 14.5 Å². The number of amides is 1. The highest BCUT2D eigenvalue weighted by Gasteiger charge is 2.20. The third kappa shape index (κ3) is 3.38. The number of rotatable bonds is 3. The summed E-state index contributed by atoms with van der Waals surface area (Å²) in [5.74, 6) is 0.676. The molecular weight excluding hydrogens is 266 g/mol. The van der Waals surface area contributed by atoms with Crippen LogP contribution in [-0.2, 0) is 4.74 Å². The first kappa shape index (κ1) is 14.0. The number of ether oxygens (including phenoxy) is 1. The van der Waals surface area contributed by atoms with E-state index >= 15 is 0 Å². The van der Waals surface area contributed by atoms with Crippen molar-refractivity contribution >= 4 is 17.1 Å². The van der Waals surface area contributed by atoms with Crippen molar-refractivity contribution in [2.24, 2.45) is 0 Å². The highest BCUT2D eigenvalue weighted by Crippen LogP contribution is 2.26. The topological polar surface area (TPSA) is 51.5 Å². The fraction of sp³-hybridized carbons (Fsp3) is 0.471. The molecule has 3 rings (SSSR count).